The maximum atomic E-state index is 13.6. The Morgan fingerprint density at radius 2 is 1.76 bits per heavy atom. The van der Waals surface area contributed by atoms with Crippen molar-refractivity contribution in [3.05, 3.63) is 87.5 Å². The van der Waals surface area contributed by atoms with Crippen molar-refractivity contribution < 1.29 is 13.3 Å². The van der Waals surface area contributed by atoms with Crippen LogP contribution in [0.2, 0.25) is 0 Å². The first-order chi connectivity index (χ1) is 17.7. The summed E-state index contributed by atoms with van der Waals surface area (Å²) in [5.74, 6) is 0. The van der Waals surface area contributed by atoms with Crippen molar-refractivity contribution in [3.8, 4) is 11.3 Å². The van der Waals surface area contributed by atoms with Crippen LogP contribution >= 0.6 is 0 Å². The van der Waals surface area contributed by atoms with E-state index in [0.29, 0.717) is 25.2 Å². The summed E-state index contributed by atoms with van der Waals surface area (Å²) in [5.41, 5.74) is -0.364. The van der Waals surface area contributed by atoms with E-state index in [1.165, 1.54) is 41.2 Å². The Balaban J connectivity index is 1.53. The highest BCUT2D eigenvalue weighted by Crippen LogP contribution is 2.50. The van der Waals surface area contributed by atoms with Gasteiger partial charge in [-0.25, -0.2) is 18.1 Å². The summed E-state index contributed by atoms with van der Waals surface area (Å²) in [5, 5.41) is 14.5. The summed E-state index contributed by atoms with van der Waals surface area (Å²) in [6.07, 6.45) is 5.59. The second kappa shape index (κ2) is 9.81. The molecule has 2 N–H and O–H groups in total. The number of hydrogen-bond acceptors (Lipinski definition) is 7. The fourth-order valence-corrected chi connectivity index (χ4v) is 7.38. The zero-order valence-electron chi connectivity index (χ0n) is 20.3. The lowest BCUT2D eigenvalue weighted by atomic mass is 9.64. The molecule has 1 atom stereocenters. The van der Waals surface area contributed by atoms with Crippen LogP contribution in [-0.2, 0) is 16.6 Å². The molecule has 194 valence electrons. The molecule has 1 aliphatic carbocycles. The van der Waals surface area contributed by atoms with Crippen LogP contribution in [0.15, 0.2) is 76.7 Å². The minimum absolute atomic E-state index is 0.0472. The molecule has 1 spiro atoms. The van der Waals surface area contributed by atoms with Gasteiger partial charge in [-0.05, 0) is 37.9 Å². The van der Waals surface area contributed by atoms with E-state index < -0.39 is 20.5 Å². The van der Waals surface area contributed by atoms with Crippen molar-refractivity contribution >= 4 is 15.7 Å². The lowest BCUT2D eigenvalue weighted by molar-refractivity contribution is -0.384. The molecule has 10 nitrogen and oxygen atoms in total. The van der Waals surface area contributed by atoms with Crippen molar-refractivity contribution in [2.24, 2.45) is 5.41 Å². The summed E-state index contributed by atoms with van der Waals surface area (Å²) in [6, 6.07) is 15.8. The third kappa shape index (κ3) is 4.81. The summed E-state index contributed by atoms with van der Waals surface area (Å²) >= 11 is 0. The molecule has 0 amide bonds. The number of nitrogens with one attached hydrogen (secondary N) is 2. The van der Waals surface area contributed by atoms with Crippen LogP contribution in [0.4, 0.5) is 5.69 Å². The highest BCUT2D eigenvalue weighted by atomic mass is 32.2. The molecule has 5 rings (SSSR count). The second-order valence-electron chi connectivity index (χ2n) is 9.96. The molecule has 2 aliphatic rings. The Hall–Kier alpha value is -3.41. The predicted octanol–water partition coefficient (Wildman–Crippen LogP) is 3.09. The zero-order valence-corrected chi connectivity index (χ0v) is 21.1. The van der Waals surface area contributed by atoms with E-state index in [0.717, 1.165) is 31.2 Å². The van der Waals surface area contributed by atoms with Gasteiger partial charge >= 0.3 is 0 Å². The van der Waals surface area contributed by atoms with Gasteiger partial charge in [-0.3, -0.25) is 19.5 Å². The zero-order chi connectivity index (χ0) is 26.1. The third-order valence-corrected chi connectivity index (χ3v) is 9.40. The summed E-state index contributed by atoms with van der Waals surface area (Å²) in [6.45, 7) is 1.37. The van der Waals surface area contributed by atoms with Crippen LogP contribution in [0.3, 0.4) is 0 Å². The molecular weight excluding hydrogens is 494 g/mol. The predicted molar refractivity (Wildman–Crippen MR) is 138 cm³/mol. The number of aromatic nitrogens is 2. The van der Waals surface area contributed by atoms with Gasteiger partial charge in [-0.1, -0.05) is 43.2 Å². The van der Waals surface area contributed by atoms with Gasteiger partial charge in [0.1, 0.15) is 0 Å². The van der Waals surface area contributed by atoms with E-state index in [-0.39, 0.29) is 28.1 Å². The quantitative estimate of drug-likeness (QED) is 0.359. The lowest BCUT2D eigenvalue weighted by Gasteiger charge is -2.52. The van der Waals surface area contributed by atoms with E-state index >= 15 is 0 Å². The Morgan fingerprint density at radius 1 is 1.05 bits per heavy atom. The van der Waals surface area contributed by atoms with Crippen LogP contribution in [0.25, 0.3) is 11.3 Å². The van der Waals surface area contributed by atoms with Gasteiger partial charge in [0.05, 0.1) is 27.4 Å². The molecule has 2 heterocycles. The van der Waals surface area contributed by atoms with Crippen molar-refractivity contribution in [2.75, 3.05) is 13.1 Å². The number of piperidine rings is 1. The third-order valence-electron chi connectivity index (χ3n) is 7.84. The summed E-state index contributed by atoms with van der Waals surface area (Å²) < 4.78 is 31.8. The average molecular weight is 524 g/mol. The first-order valence-electron chi connectivity index (χ1n) is 12.3. The molecular formula is C26H29N5O5S. The standard InChI is InChI=1S/C26H29N5O5S/c32-24-16-23(20-6-2-1-3-7-20)28-19-30(24)18-26(14-15-27-17-25(26)12-4-5-13-25)29-37(35,36)22-10-8-21(9-11-22)31(33)34/h1-3,6-11,16,19,27,29H,4-5,12-15,17-18H2. The highest BCUT2D eigenvalue weighted by Gasteiger charge is 2.56. The lowest BCUT2D eigenvalue weighted by Crippen LogP contribution is -2.68. The van der Waals surface area contributed by atoms with E-state index in [1.807, 2.05) is 30.3 Å². The normalized spacial score (nSPS) is 21.2. The van der Waals surface area contributed by atoms with E-state index in [4.69, 9.17) is 0 Å². The van der Waals surface area contributed by atoms with Crippen LogP contribution < -0.4 is 15.6 Å². The smallest absolute Gasteiger partial charge is 0.269 e. The molecule has 3 aromatic rings. The van der Waals surface area contributed by atoms with Crippen molar-refractivity contribution in [1.29, 1.82) is 0 Å². The Kier molecular flexibility index (Phi) is 6.69. The van der Waals surface area contributed by atoms with Gasteiger partial charge in [0.2, 0.25) is 10.0 Å². The van der Waals surface area contributed by atoms with Gasteiger partial charge in [0.15, 0.2) is 0 Å². The summed E-state index contributed by atoms with van der Waals surface area (Å²) in [7, 11) is -4.04. The average Bonchev–Trinajstić information content (AvgIpc) is 3.37. The monoisotopic (exact) mass is 523 g/mol. The number of rotatable bonds is 7. The molecule has 2 aromatic carbocycles. The highest BCUT2D eigenvalue weighted by molar-refractivity contribution is 7.89. The van der Waals surface area contributed by atoms with Gasteiger partial charge in [-0.15, -0.1) is 0 Å². The molecule has 2 fully saturated rings. The molecule has 1 saturated heterocycles. The van der Waals surface area contributed by atoms with Gasteiger partial charge in [0.25, 0.3) is 11.2 Å². The molecule has 37 heavy (non-hydrogen) atoms. The molecule has 1 aliphatic heterocycles. The second-order valence-corrected chi connectivity index (χ2v) is 11.6. The van der Waals surface area contributed by atoms with Gasteiger partial charge < -0.3 is 5.32 Å². The minimum atomic E-state index is -4.04. The molecule has 1 saturated carbocycles. The van der Waals surface area contributed by atoms with Crippen molar-refractivity contribution in [2.45, 2.75) is 49.1 Å². The maximum absolute atomic E-state index is 13.6. The Morgan fingerprint density at radius 3 is 2.41 bits per heavy atom. The van der Waals surface area contributed by atoms with Crippen LogP contribution in [0, 0.1) is 15.5 Å². The first kappa shape index (κ1) is 25.2. The largest absolute Gasteiger partial charge is 0.316 e. The first-order valence-corrected chi connectivity index (χ1v) is 13.8. The van der Waals surface area contributed by atoms with Crippen molar-refractivity contribution in [1.82, 2.24) is 19.6 Å². The number of non-ortho nitro benzene ring substituents is 1. The Bertz CT molecular complexity index is 1450. The number of hydrogen-bond donors (Lipinski definition) is 2. The molecule has 0 bridgehead atoms. The topological polar surface area (TPSA) is 136 Å². The number of nitrogens with zero attached hydrogens (tertiary/aromatic N) is 3. The summed E-state index contributed by atoms with van der Waals surface area (Å²) in [4.78, 5) is 28.2. The molecule has 1 unspecified atom stereocenters. The number of nitro benzene ring substituents is 1. The van der Waals surface area contributed by atoms with Crippen LogP contribution in [0.1, 0.15) is 32.1 Å². The fourth-order valence-electron chi connectivity index (χ4n) is 5.87. The number of benzene rings is 2. The maximum Gasteiger partial charge on any atom is 0.269 e. The Labute approximate surface area is 215 Å². The molecule has 0 radical (unpaired) electrons. The van der Waals surface area contributed by atoms with Crippen LogP contribution in [0.5, 0.6) is 0 Å². The van der Waals surface area contributed by atoms with Gasteiger partial charge in [-0.2, -0.15) is 0 Å². The van der Waals surface area contributed by atoms with E-state index in [9.17, 15) is 23.3 Å². The van der Waals surface area contributed by atoms with Crippen LogP contribution in [-0.4, -0.2) is 41.5 Å². The van der Waals surface area contributed by atoms with E-state index in [2.05, 4.69) is 15.0 Å². The fraction of sp³-hybridized carbons (Fsp3) is 0.385. The molecule has 1 aromatic heterocycles. The van der Waals surface area contributed by atoms with Gasteiger partial charge in [0, 0.05) is 42.3 Å². The number of nitro groups is 1. The van der Waals surface area contributed by atoms with E-state index in [1.54, 1.807) is 0 Å². The minimum Gasteiger partial charge on any atom is -0.316 e. The number of sulfonamides is 1. The van der Waals surface area contributed by atoms with Crippen molar-refractivity contribution in [3.63, 3.8) is 0 Å². The molecule has 11 heteroatoms. The SMILES string of the molecule is O=c1cc(-c2ccccc2)ncn1CC1(NS(=O)(=O)c2ccc([N+](=O)[O-])cc2)CCNCC12CCCC2.